The van der Waals surface area contributed by atoms with E-state index in [4.69, 9.17) is 0 Å². The molecule has 6 heteroatoms. The summed E-state index contributed by atoms with van der Waals surface area (Å²) in [6.45, 7) is 2.06. The Labute approximate surface area is 91.0 Å². The molecule has 0 amide bonds. The van der Waals surface area contributed by atoms with Gasteiger partial charge in [0, 0.05) is 24.7 Å². The maximum Gasteiger partial charge on any atom is 0.328 e. The van der Waals surface area contributed by atoms with Crippen molar-refractivity contribution in [3.63, 3.8) is 0 Å². The lowest BCUT2D eigenvalue weighted by atomic mass is 10.3. The van der Waals surface area contributed by atoms with Gasteiger partial charge in [0.1, 0.15) is 0 Å². The van der Waals surface area contributed by atoms with Gasteiger partial charge in [-0.2, -0.15) is 0 Å². The minimum absolute atomic E-state index is 0.388. The van der Waals surface area contributed by atoms with E-state index >= 15 is 0 Å². The topological polar surface area (TPSA) is 83.5 Å². The molecule has 2 N–H and O–H groups in total. The van der Waals surface area contributed by atoms with Gasteiger partial charge in [0.2, 0.25) is 0 Å². The predicted molar refractivity (Wildman–Crippen MR) is 57.2 cm³/mol. The van der Waals surface area contributed by atoms with Crippen LogP contribution in [0.25, 0.3) is 0 Å². The molecule has 2 aromatic rings. The fourth-order valence-corrected chi connectivity index (χ4v) is 1.37. The van der Waals surface area contributed by atoms with Crippen molar-refractivity contribution in [1.82, 2.24) is 19.5 Å². The smallest absolute Gasteiger partial charge is 0.328 e. The largest absolute Gasteiger partial charge is 0.351 e. The van der Waals surface area contributed by atoms with Crippen LogP contribution in [0.4, 0.5) is 0 Å². The predicted octanol–water partition coefficient (Wildman–Crippen LogP) is -0.389. The molecule has 0 bridgehead atoms. The normalized spacial score (nSPS) is 10.6. The van der Waals surface area contributed by atoms with Crippen LogP contribution in [0.2, 0.25) is 0 Å². The molecule has 1 radical (unpaired) electrons. The second kappa shape index (κ2) is 4.18. The number of aromatic nitrogens is 4. The highest BCUT2D eigenvalue weighted by Crippen LogP contribution is 1.94. The highest BCUT2D eigenvalue weighted by Gasteiger charge is 2.02. The van der Waals surface area contributed by atoms with Crippen LogP contribution in [0.1, 0.15) is 11.3 Å². The molecular formula is C10H11N4O2. The summed E-state index contributed by atoms with van der Waals surface area (Å²) in [7, 11) is 0. The fraction of sp³-hybridized carbons (Fsp3) is 0.300. The Bertz CT molecular complexity index is 580. The Morgan fingerprint density at radius 3 is 3.00 bits per heavy atom. The van der Waals surface area contributed by atoms with Crippen LogP contribution in [0, 0.1) is 13.1 Å². The zero-order chi connectivity index (χ0) is 11.5. The number of nitrogens with one attached hydrogen (secondary N) is 2. The summed E-state index contributed by atoms with van der Waals surface area (Å²) < 4.78 is 1.35. The van der Waals surface area contributed by atoms with Crippen LogP contribution in [0.3, 0.4) is 0 Å². The molecule has 0 unspecified atom stereocenters. The lowest BCUT2D eigenvalue weighted by molar-refractivity contribution is 0.630. The highest BCUT2D eigenvalue weighted by molar-refractivity contribution is 5.00. The number of nitrogens with zero attached hydrogens (tertiary/aromatic N) is 2. The average Bonchev–Trinajstić information content (AvgIpc) is 2.74. The summed E-state index contributed by atoms with van der Waals surface area (Å²) in [6, 6.07) is 0. The van der Waals surface area contributed by atoms with Crippen molar-refractivity contribution in [2.24, 2.45) is 0 Å². The van der Waals surface area contributed by atoms with Crippen LogP contribution in [-0.2, 0) is 13.0 Å². The minimum Gasteiger partial charge on any atom is -0.351 e. The maximum atomic E-state index is 11.4. The molecule has 16 heavy (non-hydrogen) atoms. The van der Waals surface area contributed by atoms with Crippen molar-refractivity contribution in [1.29, 1.82) is 0 Å². The van der Waals surface area contributed by atoms with Crippen LogP contribution in [0.15, 0.2) is 22.1 Å². The van der Waals surface area contributed by atoms with E-state index in [1.165, 1.54) is 4.57 Å². The summed E-state index contributed by atoms with van der Waals surface area (Å²) in [5.74, 6) is 0. The van der Waals surface area contributed by atoms with Gasteiger partial charge in [-0.1, -0.05) is 0 Å². The summed E-state index contributed by atoms with van der Waals surface area (Å²) in [6.07, 6.45) is 6.70. The van der Waals surface area contributed by atoms with Crippen LogP contribution in [0.5, 0.6) is 0 Å². The Morgan fingerprint density at radius 1 is 1.50 bits per heavy atom. The third-order valence-corrected chi connectivity index (χ3v) is 2.26. The SMILES string of the molecule is Cc1[c]n(CCc2c[nH]cn2)c(=O)[nH]c1=O. The molecule has 83 valence electrons. The Balaban J connectivity index is 2.19. The molecule has 0 saturated carbocycles. The summed E-state index contributed by atoms with van der Waals surface area (Å²) in [4.78, 5) is 31.6. The van der Waals surface area contributed by atoms with Crippen molar-refractivity contribution in [2.45, 2.75) is 19.9 Å². The van der Waals surface area contributed by atoms with Crippen molar-refractivity contribution in [2.75, 3.05) is 0 Å². The van der Waals surface area contributed by atoms with Gasteiger partial charge >= 0.3 is 5.69 Å². The van der Waals surface area contributed by atoms with Gasteiger partial charge in [-0.3, -0.25) is 14.3 Å². The first-order valence-electron chi connectivity index (χ1n) is 4.87. The van der Waals surface area contributed by atoms with Crippen molar-refractivity contribution in [3.05, 3.63) is 50.8 Å². The fourth-order valence-electron chi connectivity index (χ4n) is 1.37. The third kappa shape index (κ3) is 2.10. The molecule has 0 aromatic carbocycles. The molecule has 2 heterocycles. The number of aromatic amines is 2. The summed E-state index contributed by atoms with van der Waals surface area (Å²) >= 11 is 0. The summed E-state index contributed by atoms with van der Waals surface area (Å²) in [5, 5.41) is 0. The Morgan fingerprint density at radius 2 is 2.31 bits per heavy atom. The zero-order valence-electron chi connectivity index (χ0n) is 8.78. The number of aryl methyl sites for hydroxylation is 3. The minimum atomic E-state index is -0.439. The van der Waals surface area contributed by atoms with Gasteiger partial charge in [0.05, 0.1) is 18.2 Å². The molecule has 0 aliphatic carbocycles. The lowest BCUT2D eigenvalue weighted by Gasteiger charge is -2.02. The van der Waals surface area contributed by atoms with Gasteiger partial charge in [-0.05, 0) is 6.92 Å². The van der Waals surface area contributed by atoms with Gasteiger partial charge in [0.25, 0.3) is 5.56 Å². The van der Waals surface area contributed by atoms with Gasteiger partial charge in [-0.15, -0.1) is 0 Å². The van der Waals surface area contributed by atoms with Gasteiger partial charge in [-0.25, -0.2) is 9.78 Å². The molecular weight excluding hydrogens is 208 g/mol. The average molecular weight is 219 g/mol. The number of hydrogen-bond donors (Lipinski definition) is 2. The number of rotatable bonds is 3. The molecule has 2 rings (SSSR count). The maximum absolute atomic E-state index is 11.4. The third-order valence-electron chi connectivity index (χ3n) is 2.26. The first-order chi connectivity index (χ1) is 7.66. The van der Waals surface area contributed by atoms with E-state index < -0.39 is 5.69 Å². The highest BCUT2D eigenvalue weighted by atomic mass is 16.2. The molecule has 0 saturated heterocycles. The number of H-pyrrole nitrogens is 2. The van der Waals surface area contributed by atoms with E-state index in [9.17, 15) is 9.59 Å². The Hall–Kier alpha value is -2.11. The van der Waals surface area contributed by atoms with E-state index in [0.717, 1.165) is 5.69 Å². The quantitative estimate of drug-likeness (QED) is 0.737. The first kappa shape index (κ1) is 10.4. The molecule has 0 spiro atoms. The van der Waals surface area contributed by atoms with Crippen molar-refractivity contribution in [3.8, 4) is 0 Å². The second-order valence-corrected chi connectivity index (χ2v) is 3.46. The van der Waals surface area contributed by atoms with E-state index in [1.807, 2.05) is 0 Å². The lowest BCUT2D eigenvalue weighted by Crippen LogP contribution is -2.31. The van der Waals surface area contributed by atoms with Crippen LogP contribution < -0.4 is 11.2 Å². The van der Waals surface area contributed by atoms with Crippen LogP contribution in [-0.4, -0.2) is 19.5 Å². The standard InChI is InChI=1S/C10H11N4O2/c1-7-5-14(10(16)13-9(7)15)3-2-8-4-11-6-12-8/h4,6H,2-3H2,1H3,(H,11,12)(H,13,15,16). The molecule has 0 aliphatic rings. The van der Waals surface area contributed by atoms with Gasteiger partial charge < -0.3 is 4.98 Å². The second-order valence-electron chi connectivity index (χ2n) is 3.46. The number of hydrogen-bond acceptors (Lipinski definition) is 3. The van der Waals surface area contributed by atoms with E-state index in [2.05, 4.69) is 21.1 Å². The van der Waals surface area contributed by atoms with Crippen LogP contribution >= 0.6 is 0 Å². The molecule has 0 atom stereocenters. The number of imidazole rings is 1. The van der Waals surface area contributed by atoms with Crippen molar-refractivity contribution < 1.29 is 0 Å². The molecule has 0 aliphatic heterocycles. The monoisotopic (exact) mass is 219 g/mol. The van der Waals surface area contributed by atoms with E-state index in [-0.39, 0.29) is 5.56 Å². The molecule has 6 nitrogen and oxygen atoms in total. The first-order valence-corrected chi connectivity index (χ1v) is 4.87. The van der Waals surface area contributed by atoms with Gasteiger partial charge in [0.15, 0.2) is 0 Å². The summed E-state index contributed by atoms with van der Waals surface area (Å²) in [5.41, 5.74) is 0.443. The molecule has 0 fully saturated rings. The van der Waals surface area contributed by atoms with E-state index in [1.54, 1.807) is 19.4 Å². The van der Waals surface area contributed by atoms with Crippen molar-refractivity contribution >= 4 is 0 Å². The zero-order valence-corrected chi connectivity index (χ0v) is 8.78. The molecule has 2 aromatic heterocycles. The van der Waals surface area contributed by atoms with E-state index in [0.29, 0.717) is 18.5 Å². The Kier molecular flexibility index (Phi) is 2.72.